The van der Waals surface area contributed by atoms with Crippen LogP contribution in [0.3, 0.4) is 0 Å². The molecule has 226 valence electrons. The zero-order valence-electron chi connectivity index (χ0n) is 24.1. The molecule has 9 nitrogen and oxygen atoms in total. The van der Waals surface area contributed by atoms with E-state index in [-0.39, 0.29) is 34.7 Å². The average molecular weight is 681 g/mol. The third-order valence-electron chi connectivity index (χ3n) is 6.45. The lowest BCUT2D eigenvalue weighted by Crippen LogP contribution is -2.51. The van der Waals surface area contributed by atoms with Gasteiger partial charge in [0.1, 0.15) is 12.6 Å². The van der Waals surface area contributed by atoms with Crippen LogP contribution >= 0.6 is 27.5 Å². The largest absolute Gasteiger partial charge is 0.493 e. The molecule has 0 radical (unpaired) electrons. The standard InChI is InChI=1S/C30H35BrClN3O6S/c1-20(2)17-33-30(37)21(3)34(18-22-6-8-23(31)9-7-22)29(36)19-35(25-12-10-24(32)11-13-25)42(38,39)26-14-15-27(40-4)28(16-26)41-5/h6-16,20-21H,17-19H2,1-5H3,(H,33,37). The number of benzene rings is 3. The van der Waals surface area contributed by atoms with Crippen molar-refractivity contribution in [3.8, 4) is 11.5 Å². The Morgan fingerprint density at radius 1 is 0.929 bits per heavy atom. The maximum atomic E-state index is 14.1. The molecule has 2 amide bonds. The van der Waals surface area contributed by atoms with E-state index < -0.39 is 28.5 Å². The van der Waals surface area contributed by atoms with Crippen LogP contribution < -0.4 is 19.1 Å². The first-order valence-electron chi connectivity index (χ1n) is 13.2. The van der Waals surface area contributed by atoms with E-state index in [1.165, 1.54) is 49.5 Å². The summed E-state index contributed by atoms with van der Waals surface area (Å²) >= 11 is 9.49. The molecule has 0 aliphatic carbocycles. The van der Waals surface area contributed by atoms with Gasteiger partial charge in [-0.3, -0.25) is 13.9 Å². The predicted molar refractivity (Wildman–Crippen MR) is 168 cm³/mol. The molecule has 0 saturated carbocycles. The minimum absolute atomic E-state index is 0.0905. The van der Waals surface area contributed by atoms with Crippen LogP contribution in [0.4, 0.5) is 5.69 Å². The van der Waals surface area contributed by atoms with E-state index >= 15 is 0 Å². The zero-order valence-corrected chi connectivity index (χ0v) is 27.3. The summed E-state index contributed by atoms with van der Waals surface area (Å²) in [6.45, 7) is 5.53. The lowest BCUT2D eigenvalue weighted by molar-refractivity contribution is -0.139. The van der Waals surface area contributed by atoms with Crippen molar-refractivity contribution in [1.29, 1.82) is 0 Å². The second-order valence-electron chi connectivity index (χ2n) is 9.97. The second-order valence-corrected chi connectivity index (χ2v) is 13.2. The van der Waals surface area contributed by atoms with Gasteiger partial charge in [-0.2, -0.15) is 0 Å². The Morgan fingerprint density at radius 2 is 1.55 bits per heavy atom. The molecule has 1 atom stereocenters. The number of carbonyl (C=O) groups excluding carboxylic acids is 2. The summed E-state index contributed by atoms with van der Waals surface area (Å²) in [5, 5.41) is 3.27. The Kier molecular flexibility index (Phi) is 11.7. The molecule has 3 aromatic carbocycles. The number of hydrogen-bond acceptors (Lipinski definition) is 6. The van der Waals surface area contributed by atoms with Gasteiger partial charge >= 0.3 is 0 Å². The number of anilines is 1. The van der Waals surface area contributed by atoms with E-state index in [0.29, 0.717) is 17.3 Å². The van der Waals surface area contributed by atoms with Crippen LogP contribution in [0.25, 0.3) is 0 Å². The van der Waals surface area contributed by atoms with Crippen molar-refractivity contribution in [3.63, 3.8) is 0 Å². The number of nitrogens with zero attached hydrogens (tertiary/aromatic N) is 2. The summed E-state index contributed by atoms with van der Waals surface area (Å²) in [4.78, 5) is 28.4. The van der Waals surface area contributed by atoms with Gasteiger partial charge in [-0.15, -0.1) is 0 Å². The highest BCUT2D eigenvalue weighted by Crippen LogP contribution is 2.32. The maximum Gasteiger partial charge on any atom is 0.264 e. The Labute approximate surface area is 260 Å². The molecular weight excluding hydrogens is 646 g/mol. The fourth-order valence-electron chi connectivity index (χ4n) is 4.06. The third-order valence-corrected chi connectivity index (χ3v) is 9.00. The number of amides is 2. The van der Waals surface area contributed by atoms with E-state index in [0.717, 1.165) is 14.3 Å². The van der Waals surface area contributed by atoms with Crippen LogP contribution in [0.15, 0.2) is 76.1 Å². The van der Waals surface area contributed by atoms with Crippen molar-refractivity contribution >= 4 is 55.1 Å². The van der Waals surface area contributed by atoms with Crippen molar-refractivity contribution < 1.29 is 27.5 Å². The van der Waals surface area contributed by atoms with Gasteiger partial charge in [-0.1, -0.05) is 53.5 Å². The molecule has 0 aromatic heterocycles. The van der Waals surface area contributed by atoms with Crippen LogP contribution in [-0.2, 0) is 26.2 Å². The van der Waals surface area contributed by atoms with E-state index in [1.807, 2.05) is 38.1 Å². The van der Waals surface area contributed by atoms with Crippen LogP contribution in [-0.4, -0.2) is 58.5 Å². The van der Waals surface area contributed by atoms with Gasteiger partial charge in [-0.25, -0.2) is 8.42 Å². The van der Waals surface area contributed by atoms with E-state index in [4.69, 9.17) is 21.1 Å². The van der Waals surface area contributed by atoms with Crippen molar-refractivity contribution in [2.24, 2.45) is 5.92 Å². The molecule has 0 heterocycles. The predicted octanol–water partition coefficient (Wildman–Crippen LogP) is 5.50. The van der Waals surface area contributed by atoms with Crippen molar-refractivity contribution in [3.05, 3.63) is 81.8 Å². The molecule has 42 heavy (non-hydrogen) atoms. The van der Waals surface area contributed by atoms with Gasteiger partial charge in [0.05, 0.1) is 24.8 Å². The van der Waals surface area contributed by atoms with E-state index in [9.17, 15) is 18.0 Å². The van der Waals surface area contributed by atoms with E-state index in [2.05, 4.69) is 21.2 Å². The number of hydrogen-bond donors (Lipinski definition) is 1. The van der Waals surface area contributed by atoms with Crippen LogP contribution in [0.2, 0.25) is 5.02 Å². The minimum Gasteiger partial charge on any atom is -0.493 e. The SMILES string of the molecule is COc1ccc(S(=O)(=O)N(CC(=O)N(Cc2ccc(Br)cc2)C(C)C(=O)NCC(C)C)c2ccc(Cl)cc2)cc1OC. The van der Waals surface area contributed by atoms with Gasteiger partial charge in [0.15, 0.2) is 11.5 Å². The van der Waals surface area contributed by atoms with Crippen molar-refractivity contribution in [2.45, 2.75) is 38.3 Å². The lowest BCUT2D eigenvalue weighted by Gasteiger charge is -2.32. The molecule has 0 aliphatic heterocycles. The Balaban J connectivity index is 2.04. The van der Waals surface area contributed by atoms with Crippen molar-refractivity contribution in [2.75, 3.05) is 31.6 Å². The number of sulfonamides is 1. The Hall–Kier alpha value is -3.28. The summed E-state index contributed by atoms with van der Waals surface area (Å²) in [5.74, 6) is -0.122. The number of carbonyl (C=O) groups is 2. The highest BCUT2D eigenvalue weighted by Gasteiger charge is 2.33. The highest BCUT2D eigenvalue weighted by atomic mass is 79.9. The maximum absolute atomic E-state index is 14.1. The summed E-state index contributed by atoms with van der Waals surface area (Å²) in [6.07, 6.45) is 0. The number of rotatable bonds is 13. The first-order chi connectivity index (χ1) is 19.9. The number of methoxy groups -OCH3 is 2. The molecule has 3 aromatic rings. The van der Waals surface area contributed by atoms with Gasteiger partial charge in [0.25, 0.3) is 10.0 Å². The molecule has 0 aliphatic rings. The highest BCUT2D eigenvalue weighted by molar-refractivity contribution is 9.10. The van der Waals surface area contributed by atoms with E-state index in [1.54, 1.807) is 19.1 Å². The molecule has 0 bridgehead atoms. The number of ether oxygens (including phenoxy) is 2. The molecule has 0 spiro atoms. The van der Waals surface area contributed by atoms with Crippen LogP contribution in [0, 0.1) is 5.92 Å². The molecule has 3 rings (SSSR count). The summed E-state index contributed by atoms with van der Waals surface area (Å²) in [5.41, 5.74) is 0.999. The van der Waals surface area contributed by atoms with Crippen LogP contribution in [0.1, 0.15) is 26.3 Å². The minimum atomic E-state index is -4.30. The molecule has 0 fully saturated rings. The molecule has 0 saturated heterocycles. The molecule has 1 N–H and O–H groups in total. The van der Waals surface area contributed by atoms with Gasteiger partial charge < -0.3 is 19.7 Å². The number of nitrogens with one attached hydrogen (secondary N) is 1. The average Bonchev–Trinajstić information content (AvgIpc) is 2.97. The summed E-state index contributed by atoms with van der Waals surface area (Å²) in [6, 6.07) is 16.8. The topological polar surface area (TPSA) is 105 Å². The van der Waals surface area contributed by atoms with Gasteiger partial charge in [0.2, 0.25) is 11.8 Å². The quantitative estimate of drug-likeness (QED) is 0.256. The number of halogens is 2. The Bertz CT molecular complexity index is 1480. The van der Waals surface area contributed by atoms with Gasteiger partial charge in [-0.05, 0) is 66.9 Å². The molecule has 1 unspecified atom stereocenters. The zero-order chi connectivity index (χ0) is 31.0. The first kappa shape index (κ1) is 33.2. The lowest BCUT2D eigenvalue weighted by atomic mass is 10.1. The third kappa shape index (κ3) is 8.39. The monoisotopic (exact) mass is 679 g/mol. The summed E-state index contributed by atoms with van der Waals surface area (Å²) in [7, 11) is -1.45. The molecular formula is C30H35BrClN3O6S. The Morgan fingerprint density at radius 3 is 2.12 bits per heavy atom. The smallest absolute Gasteiger partial charge is 0.264 e. The first-order valence-corrected chi connectivity index (χ1v) is 15.8. The van der Waals surface area contributed by atoms with Crippen LogP contribution in [0.5, 0.6) is 11.5 Å². The van der Waals surface area contributed by atoms with Gasteiger partial charge in [0, 0.05) is 28.7 Å². The van der Waals surface area contributed by atoms with Crippen molar-refractivity contribution in [1.82, 2.24) is 10.2 Å². The normalized spacial score (nSPS) is 12.0. The fraction of sp³-hybridized carbons (Fsp3) is 0.333. The fourth-order valence-corrected chi connectivity index (χ4v) is 5.88. The molecule has 12 heteroatoms. The summed E-state index contributed by atoms with van der Waals surface area (Å²) < 4.78 is 40.6. The second kappa shape index (κ2) is 14.8.